The number of ketones is 1. The molecule has 0 spiro atoms. The van der Waals surface area contributed by atoms with Gasteiger partial charge >= 0.3 is 0 Å². The highest BCUT2D eigenvalue weighted by molar-refractivity contribution is 7.99. The molecule has 2 aliphatic rings. The van der Waals surface area contributed by atoms with Crippen molar-refractivity contribution in [3.05, 3.63) is 0 Å². The number of Topliss-reactive ketones (excluding diaryl/α,β-unsaturated/α-hetero) is 1. The maximum absolute atomic E-state index is 13.2. The first-order valence-corrected chi connectivity index (χ1v) is 9.08. The second kappa shape index (κ2) is 6.80. The number of hydrogen-bond donors (Lipinski definition) is 0. The van der Waals surface area contributed by atoms with E-state index in [1.165, 1.54) is 0 Å². The topological polar surface area (TPSA) is 29.5 Å². The Morgan fingerprint density at radius 2 is 1.85 bits per heavy atom. The molecule has 2 heterocycles. The van der Waals surface area contributed by atoms with Crippen molar-refractivity contribution in [1.82, 2.24) is 4.90 Å². The van der Waals surface area contributed by atoms with Crippen LogP contribution in [0.5, 0.6) is 0 Å². The van der Waals surface area contributed by atoms with Gasteiger partial charge < -0.3 is 4.74 Å². The molecule has 0 unspecified atom stereocenters. The number of nitrogens with zero attached hydrogens (tertiary/aromatic N) is 1. The molecule has 2 aliphatic heterocycles. The van der Waals surface area contributed by atoms with Crippen molar-refractivity contribution < 1.29 is 9.53 Å². The van der Waals surface area contributed by atoms with Gasteiger partial charge in [0.15, 0.2) is 0 Å². The lowest BCUT2D eigenvalue weighted by atomic mass is 9.67. The van der Waals surface area contributed by atoms with E-state index < -0.39 is 0 Å². The lowest BCUT2D eigenvalue weighted by Crippen LogP contribution is -2.52. The molecule has 2 rings (SSSR count). The van der Waals surface area contributed by atoms with Gasteiger partial charge in [0.1, 0.15) is 5.78 Å². The van der Waals surface area contributed by atoms with Crippen molar-refractivity contribution >= 4 is 17.5 Å². The molecule has 0 aromatic rings. The van der Waals surface area contributed by atoms with Crippen molar-refractivity contribution in [2.24, 2.45) is 10.8 Å². The summed E-state index contributed by atoms with van der Waals surface area (Å²) >= 11 is 2.00. The van der Waals surface area contributed by atoms with Crippen molar-refractivity contribution in [3.63, 3.8) is 0 Å². The minimum atomic E-state index is -0.186. The van der Waals surface area contributed by atoms with Crippen LogP contribution < -0.4 is 0 Å². The number of ether oxygens (including phenoxy) is 1. The summed E-state index contributed by atoms with van der Waals surface area (Å²) in [6.45, 7) is 10.9. The van der Waals surface area contributed by atoms with Crippen LogP contribution in [0.4, 0.5) is 0 Å². The van der Waals surface area contributed by atoms with Crippen LogP contribution in [0.3, 0.4) is 0 Å². The molecule has 3 nitrogen and oxygen atoms in total. The molecular weight excluding hydrogens is 270 g/mol. The predicted molar refractivity (Wildman–Crippen MR) is 85.3 cm³/mol. The maximum Gasteiger partial charge on any atom is 0.145 e. The highest BCUT2D eigenvalue weighted by Crippen LogP contribution is 2.42. The Labute approximate surface area is 127 Å². The zero-order chi connectivity index (χ0) is 14.6. The van der Waals surface area contributed by atoms with Gasteiger partial charge in [-0.15, -0.1) is 0 Å². The van der Waals surface area contributed by atoms with Crippen molar-refractivity contribution in [2.45, 2.75) is 40.0 Å². The summed E-state index contributed by atoms with van der Waals surface area (Å²) in [7, 11) is 0. The Bertz CT molecular complexity index is 331. The smallest absolute Gasteiger partial charge is 0.145 e. The summed E-state index contributed by atoms with van der Waals surface area (Å²) in [5.41, 5.74) is -0.295. The van der Waals surface area contributed by atoms with Crippen LogP contribution in [0, 0.1) is 10.8 Å². The van der Waals surface area contributed by atoms with Crippen LogP contribution >= 0.6 is 11.8 Å². The van der Waals surface area contributed by atoms with E-state index in [1.54, 1.807) is 0 Å². The zero-order valence-corrected chi connectivity index (χ0v) is 14.1. The molecule has 4 heteroatoms. The fraction of sp³-hybridized carbons (Fsp3) is 0.938. The molecule has 0 saturated carbocycles. The Morgan fingerprint density at radius 3 is 2.40 bits per heavy atom. The van der Waals surface area contributed by atoms with E-state index in [4.69, 9.17) is 4.74 Å². The van der Waals surface area contributed by atoms with Crippen molar-refractivity contribution in [1.29, 1.82) is 0 Å². The van der Waals surface area contributed by atoms with Gasteiger partial charge in [0.25, 0.3) is 0 Å². The zero-order valence-electron chi connectivity index (χ0n) is 13.2. The van der Waals surface area contributed by atoms with Gasteiger partial charge in [0.05, 0.1) is 13.2 Å². The van der Waals surface area contributed by atoms with E-state index in [9.17, 15) is 4.79 Å². The number of hydrogen-bond acceptors (Lipinski definition) is 4. The van der Waals surface area contributed by atoms with E-state index in [1.807, 2.05) is 11.8 Å². The molecule has 0 aromatic heterocycles. The van der Waals surface area contributed by atoms with Gasteiger partial charge in [-0.2, -0.15) is 11.8 Å². The third kappa shape index (κ3) is 3.58. The van der Waals surface area contributed by atoms with Crippen LogP contribution in [0.2, 0.25) is 0 Å². The summed E-state index contributed by atoms with van der Waals surface area (Å²) in [5.74, 6) is 2.77. The van der Waals surface area contributed by atoms with E-state index >= 15 is 0 Å². The van der Waals surface area contributed by atoms with Gasteiger partial charge in [0, 0.05) is 30.5 Å². The fourth-order valence-corrected chi connectivity index (χ4v) is 4.56. The lowest BCUT2D eigenvalue weighted by Gasteiger charge is -2.44. The Kier molecular flexibility index (Phi) is 5.55. The Hall–Kier alpha value is -0.0600. The highest BCUT2D eigenvalue weighted by Gasteiger charge is 2.46. The second-order valence-electron chi connectivity index (χ2n) is 6.85. The van der Waals surface area contributed by atoms with Crippen LogP contribution in [-0.2, 0) is 9.53 Å². The molecule has 2 saturated heterocycles. The largest absolute Gasteiger partial charge is 0.379 e. The predicted octanol–water partition coefficient (Wildman–Crippen LogP) is 2.84. The average Bonchev–Trinajstić information content (AvgIpc) is 2.48. The summed E-state index contributed by atoms with van der Waals surface area (Å²) < 4.78 is 5.44. The number of carbonyl (C=O) groups is 1. The molecule has 0 bridgehead atoms. The minimum Gasteiger partial charge on any atom is -0.379 e. The standard InChI is InChI=1S/C16H29NO2S/c1-4-15(2,3)14(18)16(5-11-20-12-6-16)13-17-7-9-19-10-8-17/h4-13H2,1-3H3. The van der Waals surface area contributed by atoms with Crippen molar-refractivity contribution in [2.75, 3.05) is 44.4 Å². The number of thioether (sulfide) groups is 1. The first-order valence-electron chi connectivity index (χ1n) is 7.93. The Balaban J connectivity index is 2.14. The molecule has 0 amide bonds. The third-order valence-corrected chi connectivity index (χ3v) is 6.05. The number of rotatable bonds is 5. The number of carbonyl (C=O) groups excluding carboxylic acids is 1. The molecule has 0 radical (unpaired) electrons. The van der Waals surface area contributed by atoms with Gasteiger partial charge in [-0.3, -0.25) is 9.69 Å². The van der Waals surface area contributed by atoms with E-state index in [0.717, 1.165) is 63.6 Å². The fourth-order valence-electron chi connectivity index (χ4n) is 3.28. The van der Waals surface area contributed by atoms with Crippen molar-refractivity contribution in [3.8, 4) is 0 Å². The minimum absolute atomic E-state index is 0.109. The molecule has 116 valence electrons. The molecule has 20 heavy (non-hydrogen) atoms. The first kappa shape index (κ1) is 16.3. The SMILES string of the molecule is CCC(C)(C)C(=O)C1(CN2CCOCC2)CCSCC1. The van der Waals surface area contributed by atoms with E-state index in [-0.39, 0.29) is 10.8 Å². The van der Waals surface area contributed by atoms with Gasteiger partial charge in [0.2, 0.25) is 0 Å². The van der Waals surface area contributed by atoms with Crippen LogP contribution in [0.25, 0.3) is 0 Å². The summed E-state index contributed by atoms with van der Waals surface area (Å²) in [5, 5.41) is 0. The first-order chi connectivity index (χ1) is 9.50. The van der Waals surface area contributed by atoms with Gasteiger partial charge in [-0.05, 0) is 30.8 Å². The molecule has 0 N–H and O–H groups in total. The molecular formula is C16H29NO2S. The maximum atomic E-state index is 13.2. The summed E-state index contributed by atoms with van der Waals surface area (Å²) in [4.78, 5) is 15.6. The van der Waals surface area contributed by atoms with Crippen LogP contribution in [-0.4, -0.2) is 55.0 Å². The van der Waals surface area contributed by atoms with E-state index in [2.05, 4.69) is 25.7 Å². The number of morpholine rings is 1. The molecule has 0 aromatic carbocycles. The monoisotopic (exact) mass is 299 g/mol. The van der Waals surface area contributed by atoms with Gasteiger partial charge in [-0.1, -0.05) is 20.8 Å². The summed E-state index contributed by atoms with van der Waals surface area (Å²) in [6.07, 6.45) is 3.04. The summed E-state index contributed by atoms with van der Waals surface area (Å²) in [6, 6.07) is 0. The van der Waals surface area contributed by atoms with Crippen LogP contribution in [0.15, 0.2) is 0 Å². The normalized spacial score (nSPS) is 24.6. The van der Waals surface area contributed by atoms with Gasteiger partial charge in [-0.25, -0.2) is 0 Å². The van der Waals surface area contributed by atoms with Crippen LogP contribution in [0.1, 0.15) is 40.0 Å². The molecule has 2 fully saturated rings. The molecule has 0 aliphatic carbocycles. The lowest BCUT2D eigenvalue weighted by molar-refractivity contribution is -0.140. The Morgan fingerprint density at radius 1 is 1.25 bits per heavy atom. The average molecular weight is 299 g/mol. The molecule has 0 atom stereocenters. The quantitative estimate of drug-likeness (QED) is 0.781. The third-order valence-electron chi connectivity index (χ3n) is 5.06. The highest BCUT2D eigenvalue weighted by atomic mass is 32.2. The van der Waals surface area contributed by atoms with E-state index in [0.29, 0.717) is 5.78 Å². The second-order valence-corrected chi connectivity index (χ2v) is 8.07.